The number of aliphatic hydroxyl groups excluding tert-OH is 1. The van der Waals surface area contributed by atoms with Crippen molar-refractivity contribution < 1.29 is 19.2 Å². The maximum Gasteiger partial charge on any atom is 0.292 e. The Hall–Kier alpha value is -1.40. The molecule has 2 atom stereocenters. The van der Waals surface area contributed by atoms with Crippen LogP contribution in [-0.2, 0) is 4.74 Å². The minimum absolute atomic E-state index is 0.215. The summed E-state index contributed by atoms with van der Waals surface area (Å²) in [4.78, 5) is 13.8. The number of rotatable bonds is 1. The van der Waals surface area contributed by atoms with Crippen molar-refractivity contribution in [1.29, 1.82) is 0 Å². The highest BCUT2D eigenvalue weighted by Gasteiger charge is 2.46. The average Bonchev–Trinajstić information content (AvgIpc) is 3.02. The number of aromatic nitrogens is 1. The molecule has 2 saturated heterocycles. The number of hydrogen-bond acceptors (Lipinski definition) is 5. The number of piperidine rings is 1. The van der Waals surface area contributed by atoms with Gasteiger partial charge in [0.25, 0.3) is 5.91 Å². The Morgan fingerprint density at radius 2 is 2.42 bits per heavy atom. The Bertz CT molecular complexity index is 479. The second-order valence-corrected chi connectivity index (χ2v) is 5.37. The van der Waals surface area contributed by atoms with Gasteiger partial charge in [-0.25, -0.2) is 0 Å². The molecule has 3 rings (SSSR count). The summed E-state index contributed by atoms with van der Waals surface area (Å²) in [5, 5.41) is 14.0. The van der Waals surface area contributed by atoms with Crippen molar-refractivity contribution in [1.82, 2.24) is 10.1 Å². The Kier molecular flexibility index (Phi) is 3.06. The molecule has 0 radical (unpaired) electrons. The van der Waals surface area contributed by atoms with Crippen molar-refractivity contribution in [3.8, 4) is 0 Å². The third-order valence-corrected chi connectivity index (χ3v) is 4.07. The van der Waals surface area contributed by atoms with Crippen molar-refractivity contribution in [3.63, 3.8) is 0 Å². The van der Waals surface area contributed by atoms with Crippen LogP contribution in [0.4, 0.5) is 0 Å². The molecule has 6 nitrogen and oxygen atoms in total. The first-order chi connectivity index (χ1) is 9.11. The number of carbonyl (C=O) groups is 1. The van der Waals surface area contributed by atoms with Gasteiger partial charge in [0.2, 0.25) is 5.76 Å². The van der Waals surface area contributed by atoms with Crippen LogP contribution in [0.5, 0.6) is 0 Å². The van der Waals surface area contributed by atoms with E-state index >= 15 is 0 Å². The second-order valence-electron chi connectivity index (χ2n) is 5.37. The lowest BCUT2D eigenvalue weighted by molar-refractivity contribution is -0.123. The summed E-state index contributed by atoms with van der Waals surface area (Å²) in [6, 6.07) is 1.62. The number of aryl methyl sites for hydroxylation is 1. The van der Waals surface area contributed by atoms with E-state index in [0.717, 1.165) is 12.8 Å². The van der Waals surface area contributed by atoms with Crippen LogP contribution in [-0.4, -0.2) is 52.5 Å². The third kappa shape index (κ3) is 2.15. The van der Waals surface area contributed by atoms with Crippen LogP contribution in [0.3, 0.4) is 0 Å². The smallest absolute Gasteiger partial charge is 0.292 e. The molecule has 2 aliphatic heterocycles. The molecular weight excluding hydrogens is 248 g/mol. The predicted molar refractivity (Wildman–Crippen MR) is 65.7 cm³/mol. The molecule has 0 unspecified atom stereocenters. The van der Waals surface area contributed by atoms with E-state index in [-0.39, 0.29) is 11.7 Å². The fraction of sp³-hybridized carbons (Fsp3) is 0.692. The van der Waals surface area contributed by atoms with Gasteiger partial charge in [0.15, 0.2) is 0 Å². The van der Waals surface area contributed by atoms with Gasteiger partial charge in [-0.2, -0.15) is 0 Å². The molecule has 1 aromatic heterocycles. The molecule has 1 amide bonds. The number of ether oxygens (including phenoxy) is 1. The highest BCUT2D eigenvalue weighted by Crippen LogP contribution is 2.36. The Morgan fingerprint density at radius 1 is 1.58 bits per heavy atom. The highest BCUT2D eigenvalue weighted by molar-refractivity contribution is 5.91. The number of nitrogens with zero attached hydrogens (tertiary/aromatic N) is 2. The van der Waals surface area contributed by atoms with Gasteiger partial charge in [-0.1, -0.05) is 5.16 Å². The van der Waals surface area contributed by atoms with E-state index in [9.17, 15) is 9.90 Å². The Labute approximate surface area is 111 Å². The molecule has 0 bridgehead atoms. The summed E-state index contributed by atoms with van der Waals surface area (Å²) in [7, 11) is 0. The summed E-state index contributed by atoms with van der Waals surface area (Å²) < 4.78 is 10.7. The van der Waals surface area contributed by atoms with Gasteiger partial charge in [-0.05, 0) is 26.2 Å². The standard InChI is InChI=1S/C13H18N2O4/c1-9-7-10(19-14-9)12(17)15-5-4-13(11(16)8-15)3-2-6-18-13/h7,11,16H,2-6,8H2,1H3/t11-,13-/m0/s1. The van der Waals surface area contributed by atoms with Crippen LogP contribution in [0.15, 0.2) is 10.6 Å². The molecule has 1 spiro atoms. The van der Waals surface area contributed by atoms with E-state index in [1.54, 1.807) is 17.9 Å². The van der Waals surface area contributed by atoms with E-state index in [1.807, 2.05) is 0 Å². The summed E-state index contributed by atoms with van der Waals surface area (Å²) in [5.74, 6) is 0.0143. The van der Waals surface area contributed by atoms with Crippen LogP contribution < -0.4 is 0 Å². The molecule has 2 fully saturated rings. The predicted octanol–water partition coefficient (Wildman–Crippen LogP) is 0.739. The van der Waals surface area contributed by atoms with Crippen LogP contribution in [0.25, 0.3) is 0 Å². The molecule has 3 heterocycles. The van der Waals surface area contributed by atoms with Crippen LogP contribution in [0, 0.1) is 6.92 Å². The summed E-state index contributed by atoms with van der Waals surface area (Å²) in [6.07, 6.45) is 1.90. The zero-order valence-electron chi connectivity index (χ0n) is 11.0. The van der Waals surface area contributed by atoms with Crippen LogP contribution >= 0.6 is 0 Å². The van der Waals surface area contributed by atoms with E-state index in [0.29, 0.717) is 31.8 Å². The first-order valence-corrected chi connectivity index (χ1v) is 6.65. The highest BCUT2D eigenvalue weighted by atomic mass is 16.5. The molecule has 1 aromatic rings. The summed E-state index contributed by atoms with van der Waals surface area (Å²) in [5.41, 5.74) is 0.241. The number of carbonyl (C=O) groups excluding carboxylic acids is 1. The Morgan fingerprint density at radius 3 is 3.00 bits per heavy atom. The molecule has 6 heteroatoms. The number of aliphatic hydroxyl groups is 1. The normalized spacial score (nSPS) is 31.1. The van der Waals surface area contributed by atoms with Crippen molar-refractivity contribution in [3.05, 3.63) is 17.5 Å². The van der Waals surface area contributed by atoms with Gasteiger partial charge in [-0.15, -0.1) is 0 Å². The zero-order valence-corrected chi connectivity index (χ0v) is 11.0. The second kappa shape index (κ2) is 4.61. The zero-order chi connectivity index (χ0) is 13.5. The Balaban J connectivity index is 1.70. The summed E-state index contributed by atoms with van der Waals surface area (Å²) >= 11 is 0. The minimum Gasteiger partial charge on any atom is -0.388 e. The molecule has 0 saturated carbocycles. The first-order valence-electron chi connectivity index (χ1n) is 6.65. The molecule has 104 valence electrons. The van der Waals surface area contributed by atoms with Gasteiger partial charge >= 0.3 is 0 Å². The molecule has 1 N–H and O–H groups in total. The van der Waals surface area contributed by atoms with Crippen LogP contribution in [0.1, 0.15) is 35.5 Å². The minimum atomic E-state index is -0.628. The molecule has 19 heavy (non-hydrogen) atoms. The molecule has 2 aliphatic rings. The quantitative estimate of drug-likeness (QED) is 0.811. The molecular formula is C13H18N2O4. The summed E-state index contributed by atoms with van der Waals surface area (Å²) in [6.45, 7) is 3.34. The number of amides is 1. The van der Waals surface area contributed by atoms with Crippen molar-refractivity contribution >= 4 is 5.91 Å². The molecule has 0 aliphatic carbocycles. The largest absolute Gasteiger partial charge is 0.388 e. The number of hydrogen-bond donors (Lipinski definition) is 1. The maximum atomic E-state index is 12.2. The average molecular weight is 266 g/mol. The molecule has 0 aromatic carbocycles. The topological polar surface area (TPSA) is 75.8 Å². The lowest BCUT2D eigenvalue weighted by atomic mass is 9.86. The SMILES string of the molecule is Cc1cc(C(=O)N2CC[C@@]3(CCCO3)[C@@H](O)C2)on1. The van der Waals surface area contributed by atoms with Crippen molar-refractivity contribution in [2.45, 2.75) is 37.9 Å². The van der Waals surface area contributed by atoms with E-state index in [2.05, 4.69) is 5.16 Å². The third-order valence-electron chi connectivity index (χ3n) is 4.07. The van der Waals surface area contributed by atoms with E-state index < -0.39 is 11.7 Å². The van der Waals surface area contributed by atoms with E-state index in [4.69, 9.17) is 9.26 Å². The fourth-order valence-corrected chi connectivity index (χ4v) is 2.94. The maximum absolute atomic E-state index is 12.2. The number of likely N-dealkylation sites (tertiary alicyclic amines) is 1. The van der Waals surface area contributed by atoms with Gasteiger partial charge in [0, 0.05) is 25.8 Å². The van der Waals surface area contributed by atoms with E-state index in [1.165, 1.54) is 0 Å². The lowest BCUT2D eigenvalue weighted by Crippen LogP contribution is -2.56. The van der Waals surface area contributed by atoms with Crippen molar-refractivity contribution in [2.24, 2.45) is 0 Å². The fourth-order valence-electron chi connectivity index (χ4n) is 2.94. The number of β-amino-alcohol motifs (C(OH)–C–C–N with tert-alkyl or cyclic N) is 1. The first kappa shape index (κ1) is 12.6. The van der Waals surface area contributed by atoms with Crippen molar-refractivity contribution in [2.75, 3.05) is 19.7 Å². The van der Waals surface area contributed by atoms with Gasteiger partial charge < -0.3 is 19.3 Å². The van der Waals surface area contributed by atoms with Gasteiger partial charge in [-0.3, -0.25) is 4.79 Å². The lowest BCUT2D eigenvalue weighted by Gasteiger charge is -2.42. The van der Waals surface area contributed by atoms with Gasteiger partial charge in [0.1, 0.15) is 6.10 Å². The van der Waals surface area contributed by atoms with Gasteiger partial charge in [0.05, 0.1) is 11.3 Å². The monoisotopic (exact) mass is 266 g/mol. The van der Waals surface area contributed by atoms with Crippen LogP contribution in [0.2, 0.25) is 0 Å².